The third kappa shape index (κ3) is 4.63. The van der Waals surface area contributed by atoms with Gasteiger partial charge in [0.2, 0.25) is 0 Å². The third-order valence-corrected chi connectivity index (χ3v) is 4.13. The summed E-state index contributed by atoms with van der Waals surface area (Å²) in [7, 11) is 1.67. The summed E-state index contributed by atoms with van der Waals surface area (Å²) >= 11 is 3.52. The van der Waals surface area contributed by atoms with E-state index < -0.39 is 5.60 Å². The number of halogens is 1. The van der Waals surface area contributed by atoms with Gasteiger partial charge >= 0.3 is 6.09 Å². The van der Waals surface area contributed by atoms with Crippen molar-refractivity contribution in [3.05, 3.63) is 28.2 Å². The molecule has 1 aliphatic heterocycles. The highest BCUT2D eigenvalue weighted by atomic mass is 79.9. The second-order valence-corrected chi connectivity index (χ2v) is 7.61. The van der Waals surface area contributed by atoms with E-state index in [1.165, 1.54) is 5.56 Å². The molecule has 2 rings (SSSR count). The first-order chi connectivity index (χ1) is 10.3. The van der Waals surface area contributed by atoms with Crippen LogP contribution < -0.4 is 4.74 Å². The van der Waals surface area contributed by atoms with Crippen molar-refractivity contribution in [2.75, 3.05) is 20.2 Å². The van der Waals surface area contributed by atoms with Crippen LogP contribution in [-0.4, -0.2) is 36.8 Å². The Hall–Kier alpha value is -1.23. The Morgan fingerprint density at radius 1 is 1.32 bits per heavy atom. The number of rotatable bonds is 2. The molecule has 22 heavy (non-hydrogen) atoms. The molecule has 0 spiro atoms. The molecule has 1 aromatic carbocycles. The number of piperidine rings is 1. The van der Waals surface area contributed by atoms with E-state index in [-0.39, 0.29) is 6.09 Å². The Balaban J connectivity index is 2.10. The van der Waals surface area contributed by atoms with Crippen molar-refractivity contribution < 1.29 is 14.3 Å². The SMILES string of the molecule is COc1cc(Br)cc(C2CCCN(C(=O)OC(C)(C)C)C2)c1. The van der Waals surface area contributed by atoms with Crippen LogP contribution in [0.25, 0.3) is 0 Å². The molecule has 4 nitrogen and oxygen atoms in total. The molecule has 1 fully saturated rings. The molecule has 1 aromatic rings. The van der Waals surface area contributed by atoms with Gasteiger partial charge in [-0.05, 0) is 57.4 Å². The molecule has 1 amide bonds. The van der Waals surface area contributed by atoms with E-state index in [0.717, 1.165) is 29.6 Å². The number of hydrogen-bond acceptors (Lipinski definition) is 3. The van der Waals surface area contributed by atoms with Crippen LogP contribution in [0.5, 0.6) is 5.75 Å². The Bertz CT molecular complexity index is 539. The van der Waals surface area contributed by atoms with Gasteiger partial charge in [0.05, 0.1) is 7.11 Å². The van der Waals surface area contributed by atoms with Crippen molar-refractivity contribution >= 4 is 22.0 Å². The number of likely N-dealkylation sites (tertiary alicyclic amines) is 1. The molecule has 1 heterocycles. The van der Waals surface area contributed by atoms with Crippen LogP contribution in [-0.2, 0) is 4.74 Å². The van der Waals surface area contributed by atoms with Gasteiger partial charge in [-0.1, -0.05) is 15.9 Å². The molecule has 122 valence electrons. The highest BCUT2D eigenvalue weighted by Crippen LogP contribution is 2.32. The molecule has 1 saturated heterocycles. The minimum absolute atomic E-state index is 0.223. The van der Waals surface area contributed by atoms with Crippen LogP contribution in [0.2, 0.25) is 0 Å². The van der Waals surface area contributed by atoms with Gasteiger partial charge < -0.3 is 14.4 Å². The lowest BCUT2D eigenvalue weighted by Gasteiger charge is -2.34. The summed E-state index contributed by atoms with van der Waals surface area (Å²) in [6, 6.07) is 6.09. The van der Waals surface area contributed by atoms with Crippen molar-refractivity contribution in [1.29, 1.82) is 0 Å². The summed E-state index contributed by atoms with van der Waals surface area (Å²) < 4.78 is 11.8. The van der Waals surface area contributed by atoms with Crippen LogP contribution >= 0.6 is 15.9 Å². The molecule has 0 bridgehead atoms. The summed E-state index contributed by atoms with van der Waals surface area (Å²) in [5.74, 6) is 1.14. The Morgan fingerprint density at radius 3 is 2.68 bits per heavy atom. The van der Waals surface area contributed by atoms with Crippen LogP contribution in [0.3, 0.4) is 0 Å². The fraction of sp³-hybridized carbons (Fsp3) is 0.588. The zero-order valence-corrected chi connectivity index (χ0v) is 15.3. The van der Waals surface area contributed by atoms with Crippen molar-refractivity contribution in [3.8, 4) is 5.75 Å². The van der Waals surface area contributed by atoms with E-state index in [1.54, 1.807) is 7.11 Å². The molecular weight excluding hydrogens is 346 g/mol. The fourth-order valence-electron chi connectivity index (χ4n) is 2.68. The number of methoxy groups -OCH3 is 1. The summed E-state index contributed by atoms with van der Waals surface area (Å²) in [4.78, 5) is 14.1. The van der Waals surface area contributed by atoms with E-state index in [9.17, 15) is 4.79 Å². The zero-order chi connectivity index (χ0) is 16.3. The van der Waals surface area contributed by atoms with E-state index in [2.05, 4.69) is 22.0 Å². The standard InChI is InChI=1S/C17H24BrNO3/c1-17(2,3)22-16(20)19-7-5-6-12(11-19)13-8-14(18)10-15(9-13)21-4/h8-10,12H,5-7,11H2,1-4H3. The van der Waals surface area contributed by atoms with Crippen LogP contribution in [0.1, 0.15) is 45.1 Å². The lowest BCUT2D eigenvalue weighted by Crippen LogP contribution is -2.42. The number of ether oxygens (including phenoxy) is 2. The van der Waals surface area contributed by atoms with Crippen LogP contribution in [0.4, 0.5) is 4.79 Å². The molecule has 0 N–H and O–H groups in total. The maximum atomic E-state index is 12.3. The highest BCUT2D eigenvalue weighted by Gasteiger charge is 2.28. The van der Waals surface area contributed by atoms with E-state index in [0.29, 0.717) is 12.5 Å². The lowest BCUT2D eigenvalue weighted by atomic mass is 9.90. The number of nitrogens with zero attached hydrogens (tertiary/aromatic N) is 1. The van der Waals surface area contributed by atoms with Gasteiger partial charge in [-0.3, -0.25) is 0 Å². The monoisotopic (exact) mass is 369 g/mol. The van der Waals surface area contributed by atoms with Crippen molar-refractivity contribution in [3.63, 3.8) is 0 Å². The van der Waals surface area contributed by atoms with E-state index >= 15 is 0 Å². The molecule has 1 unspecified atom stereocenters. The molecule has 1 atom stereocenters. The number of benzene rings is 1. The summed E-state index contributed by atoms with van der Waals surface area (Å²) in [5.41, 5.74) is 0.739. The number of amides is 1. The van der Waals surface area contributed by atoms with Crippen LogP contribution in [0, 0.1) is 0 Å². The highest BCUT2D eigenvalue weighted by molar-refractivity contribution is 9.10. The number of carbonyl (C=O) groups is 1. The molecule has 0 aromatic heterocycles. The molecule has 1 aliphatic rings. The summed E-state index contributed by atoms with van der Waals surface area (Å²) in [6.07, 6.45) is 1.83. The van der Waals surface area contributed by atoms with Crippen molar-refractivity contribution in [1.82, 2.24) is 4.90 Å². The first-order valence-electron chi connectivity index (χ1n) is 7.61. The largest absolute Gasteiger partial charge is 0.497 e. The average Bonchev–Trinajstić information content (AvgIpc) is 2.45. The fourth-order valence-corrected chi connectivity index (χ4v) is 3.17. The van der Waals surface area contributed by atoms with Gasteiger partial charge in [0.15, 0.2) is 0 Å². The van der Waals surface area contributed by atoms with Gasteiger partial charge in [0, 0.05) is 23.5 Å². The predicted molar refractivity (Wildman–Crippen MR) is 90.5 cm³/mol. The molecule has 5 heteroatoms. The van der Waals surface area contributed by atoms with Gasteiger partial charge in [-0.2, -0.15) is 0 Å². The van der Waals surface area contributed by atoms with Crippen molar-refractivity contribution in [2.45, 2.75) is 45.1 Å². The quantitative estimate of drug-likeness (QED) is 0.765. The smallest absolute Gasteiger partial charge is 0.410 e. The minimum Gasteiger partial charge on any atom is -0.497 e. The van der Waals surface area contributed by atoms with Crippen LogP contribution in [0.15, 0.2) is 22.7 Å². The zero-order valence-electron chi connectivity index (χ0n) is 13.7. The summed E-state index contributed by atoms with van der Waals surface area (Å²) in [5, 5.41) is 0. The Labute approximate surface area is 140 Å². The van der Waals surface area contributed by atoms with Gasteiger partial charge in [-0.25, -0.2) is 4.79 Å². The Kier molecular flexibility index (Phi) is 5.37. The maximum Gasteiger partial charge on any atom is 0.410 e. The average molecular weight is 370 g/mol. The second-order valence-electron chi connectivity index (χ2n) is 6.69. The first kappa shape index (κ1) is 17.1. The van der Waals surface area contributed by atoms with Gasteiger partial charge in [0.1, 0.15) is 11.4 Å². The van der Waals surface area contributed by atoms with E-state index in [4.69, 9.17) is 9.47 Å². The minimum atomic E-state index is -0.455. The lowest BCUT2D eigenvalue weighted by molar-refractivity contribution is 0.0198. The third-order valence-electron chi connectivity index (χ3n) is 3.67. The number of hydrogen-bond donors (Lipinski definition) is 0. The van der Waals surface area contributed by atoms with Gasteiger partial charge in [0.25, 0.3) is 0 Å². The molecule has 0 saturated carbocycles. The predicted octanol–water partition coefficient (Wildman–Crippen LogP) is 4.57. The first-order valence-corrected chi connectivity index (χ1v) is 8.40. The van der Waals surface area contributed by atoms with Gasteiger partial charge in [-0.15, -0.1) is 0 Å². The normalized spacial score (nSPS) is 19.0. The summed E-state index contributed by atoms with van der Waals surface area (Å²) in [6.45, 7) is 7.13. The second kappa shape index (κ2) is 6.90. The molecular formula is C17H24BrNO3. The van der Waals surface area contributed by atoms with Crippen molar-refractivity contribution in [2.24, 2.45) is 0 Å². The van der Waals surface area contributed by atoms with E-state index in [1.807, 2.05) is 37.8 Å². The number of carbonyl (C=O) groups excluding carboxylic acids is 1. The maximum absolute atomic E-state index is 12.3. The Morgan fingerprint density at radius 2 is 2.05 bits per heavy atom. The molecule has 0 aliphatic carbocycles. The topological polar surface area (TPSA) is 38.8 Å². The molecule has 0 radical (unpaired) electrons.